The van der Waals surface area contributed by atoms with Crippen LogP contribution in [0.3, 0.4) is 0 Å². The number of hydrogen-bond donors (Lipinski definition) is 1. The van der Waals surface area contributed by atoms with Crippen molar-refractivity contribution < 1.29 is 23.9 Å². The normalized spacial score (nSPS) is 12.8. The van der Waals surface area contributed by atoms with Crippen LogP contribution in [0.5, 0.6) is 11.5 Å². The van der Waals surface area contributed by atoms with Gasteiger partial charge in [0, 0.05) is 6.07 Å². The summed E-state index contributed by atoms with van der Waals surface area (Å²) in [5.74, 6) is -1.38. The number of amides is 3. The van der Waals surface area contributed by atoms with E-state index in [2.05, 4.69) is 5.32 Å². The van der Waals surface area contributed by atoms with Crippen LogP contribution in [0, 0.1) is 0 Å². The molecule has 0 bridgehead atoms. The third kappa shape index (κ3) is 3.71. The number of fused-ring (bicyclic) bond motifs is 1. The Balaban J connectivity index is 1.86. The first kappa shape index (κ1) is 21.5. The number of halogens is 4. The van der Waals surface area contributed by atoms with Crippen molar-refractivity contribution in [2.45, 2.75) is 0 Å². The topological polar surface area (TPSA) is 84.9 Å². The molecule has 1 aliphatic heterocycles. The van der Waals surface area contributed by atoms with Gasteiger partial charge in [-0.2, -0.15) is 0 Å². The molecule has 1 aliphatic rings. The minimum absolute atomic E-state index is 0.146. The first-order valence-corrected chi connectivity index (χ1v) is 9.46. The van der Waals surface area contributed by atoms with Gasteiger partial charge in [-0.05, 0) is 12.1 Å². The average molecular weight is 478 g/mol. The Kier molecular flexibility index (Phi) is 6.14. The van der Waals surface area contributed by atoms with E-state index >= 15 is 0 Å². The molecule has 0 spiro atoms. The second-order valence-electron chi connectivity index (χ2n) is 5.82. The minimum Gasteiger partial charge on any atom is -0.497 e. The summed E-state index contributed by atoms with van der Waals surface area (Å²) in [5, 5.41) is 1.88. The molecule has 0 aromatic heterocycles. The van der Waals surface area contributed by atoms with E-state index in [1.165, 1.54) is 14.2 Å². The molecule has 1 N–H and O–H groups in total. The molecule has 2 aromatic rings. The van der Waals surface area contributed by atoms with Crippen molar-refractivity contribution in [2.24, 2.45) is 0 Å². The molecule has 2 aromatic carbocycles. The quantitative estimate of drug-likeness (QED) is 0.388. The van der Waals surface area contributed by atoms with Gasteiger partial charge in [-0.15, -0.1) is 0 Å². The van der Waals surface area contributed by atoms with E-state index < -0.39 is 24.3 Å². The number of hydrogen-bond acceptors (Lipinski definition) is 5. The Hall–Kier alpha value is -2.19. The lowest BCUT2D eigenvalue weighted by atomic mass is 10.1. The van der Waals surface area contributed by atoms with E-state index in [0.29, 0.717) is 22.1 Å². The first-order valence-electron chi connectivity index (χ1n) is 7.95. The third-order valence-corrected chi connectivity index (χ3v) is 5.97. The summed E-state index contributed by atoms with van der Waals surface area (Å²) in [4.78, 5) is 38.5. The molecule has 152 valence electrons. The molecule has 1 heterocycles. The molecule has 11 heteroatoms. The van der Waals surface area contributed by atoms with Crippen LogP contribution in [0.2, 0.25) is 20.1 Å². The van der Waals surface area contributed by atoms with Crippen molar-refractivity contribution in [3.05, 3.63) is 49.4 Å². The number of carbonyl (C=O) groups excluding carboxylic acids is 3. The SMILES string of the molecule is COc1ccc(NC(=O)CN2C(=O)c3c(Cl)c(Cl)c(Cl)c(Cl)c3C2=O)c(OC)c1. The molecule has 0 unspecified atom stereocenters. The minimum atomic E-state index is -0.799. The van der Waals surface area contributed by atoms with E-state index in [9.17, 15) is 14.4 Å². The third-order valence-electron chi connectivity index (χ3n) is 4.17. The van der Waals surface area contributed by atoms with Gasteiger partial charge < -0.3 is 14.8 Å². The van der Waals surface area contributed by atoms with Crippen LogP contribution < -0.4 is 14.8 Å². The van der Waals surface area contributed by atoms with Gasteiger partial charge in [0.05, 0.1) is 51.1 Å². The van der Waals surface area contributed by atoms with E-state index in [0.717, 1.165) is 0 Å². The van der Waals surface area contributed by atoms with Crippen LogP contribution >= 0.6 is 46.4 Å². The highest BCUT2D eigenvalue weighted by Crippen LogP contribution is 2.44. The lowest BCUT2D eigenvalue weighted by Crippen LogP contribution is -2.37. The molecule has 3 rings (SSSR count). The fraction of sp³-hybridized carbons (Fsp3) is 0.167. The van der Waals surface area contributed by atoms with Crippen molar-refractivity contribution in [1.82, 2.24) is 4.90 Å². The molecule has 3 amide bonds. The molecule has 0 aliphatic carbocycles. The summed E-state index contributed by atoms with van der Waals surface area (Å²) >= 11 is 24.1. The molecule has 0 saturated heterocycles. The van der Waals surface area contributed by atoms with Crippen LogP contribution in [-0.2, 0) is 4.79 Å². The number of benzene rings is 2. The number of carbonyl (C=O) groups is 3. The van der Waals surface area contributed by atoms with Gasteiger partial charge >= 0.3 is 0 Å². The summed E-state index contributed by atoms with van der Waals surface area (Å²) in [7, 11) is 2.91. The van der Waals surface area contributed by atoms with Crippen molar-refractivity contribution in [2.75, 3.05) is 26.1 Å². The van der Waals surface area contributed by atoms with Crippen molar-refractivity contribution in [3.8, 4) is 11.5 Å². The Morgan fingerprint density at radius 3 is 1.97 bits per heavy atom. The van der Waals surface area contributed by atoms with Crippen LogP contribution in [0.25, 0.3) is 0 Å². The maximum Gasteiger partial charge on any atom is 0.263 e. The van der Waals surface area contributed by atoms with Gasteiger partial charge in [-0.1, -0.05) is 46.4 Å². The van der Waals surface area contributed by atoms with Gasteiger partial charge in [0.25, 0.3) is 11.8 Å². The molecule has 0 radical (unpaired) electrons. The van der Waals surface area contributed by atoms with Crippen molar-refractivity contribution in [1.29, 1.82) is 0 Å². The predicted molar refractivity (Wildman–Crippen MR) is 110 cm³/mol. The first-order chi connectivity index (χ1) is 13.7. The number of methoxy groups -OCH3 is 2. The monoisotopic (exact) mass is 476 g/mol. The summed E-state index contributed by atoms with van der Waals surface area (Å²) in [6, 6.07) is 4.75. The number of anilines is 1. The zero-order chi connectivity index (χ0) is 21.5. The maximum atomic E-state index is 12.7. The van der Waals surface area contributed by atoms with Crippen molar-refractivity contribution >= 4 is 69.8 Å². The summed E-state index contributed by atoms with van der Waals surface area (Å²) in [6.07, 6.45) is 0. The number of ether oxygens (including phenoxy) is 2. The van der Waals surface area contributed by atoms with E-state index in [1.807, 2.05) is 0 Å². The van der Waals surface area contributed by atoms with Gasteiger partial charge in [0.1, 0.15) is 18.0 Å². The highest BCUT2D eigenvalue weighted by molar-refractivity contribution is 6.55. The summed E-state index contributed by atoms with van der Waals surface area (Å²) in [6.45, 7) is -0.580. The smallest absolute Gasteiger partial charge is 0.263 e. The number of nitrogens with zero attached hydrogens (tertiary/aromatic N) is 1. The second kappa shape index (κ2) is 8.28. The average Bonchev–Trinajstić information content (AvgIpc) is 2.95. The lowest BCUT2D eigenvalue weighted by molar-refractivity contribution is -0.116. The second-order valence-corrected chi connectivity index (χ2v) is 7.33. The molecule has 0 fully saturated rings. The maximum absolute atomic E-state index is 12.7. The number of rotatable bonds is 5. The van der Waals surface area contributed by atoms with E-state index in [4.69, 9.17) is 55.9 Å². The summed E-state index contributed by atoms with van der Waals surface area (Å²) < 4.78 is 10.3. The van der Waals surface area contributed by atoms with Crippen LogP contribution in [0.4, 0.5) is 5.69 Å². The highest BCUT2D eigenvalue weighted by atomic mass is 35.5. The van der Waals surface area contributed by atoms with Crippen LogP contribution in [0.1, 0.15) is 20.7 Å². The Morgan fingerprint density at radius 1 is 0.931 bits per heavy atom. The molecular formula is C18H12Cl4N2O5. The molecule has 0 atom stereocenters. The molecular weight excluding hydrogens is 466 g/mol. The fourth-order valence-electron chi connectivity index (χ4n) is 2.77. The van der Waals surface area contributed by atoms with Gasteiger partial charge in [0.15, 0.2) is 0 Å². The Morgan fingerprint density at radius 2 is 1.48 bits per heavy atom. The van der Waals surface area contributed by atoms with Gasteiger partial charge in [-0.25, -0.2) is 0 Å². The van der Waals surface area contributed by atoms with E-state index in [1.54, 1.807) is 18.2 Å². The highest BCUT2D eigenvalue weighted by Gasteiger charge is 2.42. The summed E-state index contributed by atoms with van der Waals surface area (Å²) in [5.41, 5.74) is -0.0474. The lowest BCUT2D eigenvalue weighted by Gasteiger charge is -2.15. The van der Waals surface area contributed by atoms with Crippen LogP contribution in [0.15, 0.2) is 18.2 Å². The number of nitrogens with one attached hydrogen (secondary N) is 1. The van der Waals surface area contributed by atoms with Crippen molar-refractivity contribution in [3.63, 3.8) is 0 Å². The standard InChI is InChI=1S/C18H12Cl4N2O5/c1-28-7-3-4-8(9(5-7)29-2)23-10(25)6-24-17(26)11-12(18(24)27)14(20)16(22)15(21)13(11)19/h3-5H,6H2,1-2H3,(H,23,25). The Bertz CT molecular complexity index is 1010. The molecule has 29 heavy (non-hydrogen) atoms. The largest absolute Gasteiger partial charge is 0.497 e. The van der Waals surface area contributed by atoms with Gasteiger partial charge in [-0.3, -0.25) is 19.3 Å². The fourth-order valence-corrected chi connectivity index (χ4v) is 3.79. The van der Waals surface area contributed by atoms with Crippen LogP contribution in [-0.4, -0.2) is 43.4 Å². The predicted octanol–water partition coefficient (Wildman–Crippen LogP) is 4.55. The van der Waals surface area contributed by atoms with Gasteiger partial charge in [0.2, 0.25) is 5.91 Å². The number of imide groups is 1. The zero-order valence-electron chi connectivity index (χ0n) is 14.9. The Labute approximate surface area is 185 Å². The molecule has 7 nitrogen and oxygen atoms in total. The zero-order valence-corrected chi connectivity index (χ0v) is 18.0. The van der Waals surface area contributed by atoms with E-state index in [-0.39, 0.29) is 31.2 Å². The molecule has 0 saturated carbocycles.